The first-order chi connectivity index (χ1) is 12.8. The Labute approximate surface area is 154 Å². The molecule has 6 nitrogen and oxygen atoms in total. The third kappa shape index (κ3) is 2.96. The minimum absolute atomic E-state index is 0.671. The largest absolute Gasteiger partial charge is 0.356 e. The summed E-state index contributed by atoms with van der Waals surface area (Å²) in [5.41, 5.74) is 3.42. The molecule has 26 heavy (non-hydrogen) atoms. The van der Waals surface area contributed by atoms with Crippen molar-refractivity contribution in [1.82, 2.24) is 24.8 Å². The van der Waals surface area contributed by atoms with Crippen molar-refractivity contribution >= 4 is 5.82 Å². The molecule has 0 bridgehead atoms. The zero-order valence-electron chi connectivity index (χ0n) is 15.4. The van der Waals surface area contributed by atoms with E-state index in [1.807, 2.05) is 0 Å². The van der Waals surface area contributed by atoms with Gasteiger partial charge in [-0.1, -0.05) is 6.42 Å². The van der Waals surface area contributed by atoms with E-state index in [2.05, 4.69) is 42.7 Å². The van der Waals surface area contributed by atoms with Gasteiger partial charge in [0.05, 0.1) is 11.4 Å². The third-order valence-corrected chi connectivity index (χ3v) is 6.44. The van der Waals surface area contributed by atoms with Crippen LogP contribution >= 0.6 is 0 Å². The first-order valence-electron chi connectivity index (χ1n) is 9.82. The Kier molecular flexibility index (Phi) is 4.08. The van der Waals surface area contributed by atoms with E-state index in [0.29, 0.717) is 5.92 Å². The zero-order valence-corrected chi connectivity index (χ0v) is 15.4. The lowest BCUT2D eigenvalue weighted by molar-refractivity contribution is 0.304. The van der Waals surface area contributed by atoms with E-state index < -0.39 is 0 Å². The van der Waals surface area contributed by atoms with Crippen molar-refractivity contribution < 1.29 is 0 Å². The van der Waals surface area contributed by atoms with Gasteiger partial charge >= 0.3 is 0 Å². The van der Waals surface area contributed by atoms with Crippen LogP contribution in [0.5, 0.6) is 0 Å². The smallest absolute Gasteiger partial charge is 0.132 e. The zero-order chi connectivity index (χ0) is 17.5. The Morgan fingerprint density at radius 3 is 2.42 bits per heavy atom. The fourth-order valence-corrected chi connectivity index (χ4v) is 4.67. The first-order valence-corrected chi connectivity index (χ1v) is 9.82. The van der Waals surface area contributed by atoms with Crippen LogP contribution in [0.15, 0.2) is 24.8 Å². The summed E-state index contributed by atoms with van der Waals surface area (Å²) in [5.74, 6) is 3.26. The van der Waals surface area contributed by atoms with Crippen LogP contribution in [0.3, 0.4) is 0 Å². The molecule has 3 aliphatic rings. The first kappa shape index (κ1) is 16.1. The van der Waals surface area contributed by atoms with E-state index >= 15 is 0 Å². The van der Waals surface area contributed by atoms with Crippen LogP contribution in [0.2, 0.25) is 0 Å². The fraction of sp³-hybridized carbons (Fsp3) is 0.600. The minimum atomic E-state index is 0.671. The maximum Gasteiger partial charge on any atom is 0.132 e. The monoisotopic (exact) mass is 350 g/mol. The summed E-state index contributed by atoms with van der Waals surface area (Å²) in [6.45, 7) is 7.50. The summed E-state index contributed by atoms with van der Waals surface area (Å²) in [4.78, 5) is 23.0. The highest BCUT2D eigenvalue weighted by molar-refractivity contribution is 5.42. The highest BCUT2D eigenvalue weighted by Crippen LogP contribution is 2.38. The summed E-state index contributed by atoms with van der Waals surface area (Å²) >= 11 is 0. The van der Waals surface area contributed by atoms with Gasteiger partial charge < -0.3 is 4.90 Å². The Bertz CT molecular complexity index is 775. The van der Waals surface area contributed by atoms with E-state index in [1.54, 1.807) is 18.7 Å². The molecule has 2 atom stereocenters. The molecule has 1 saturated carbocycles. The van der Waals surface area contributed by atoms with Gasteiger partial charge in [0.1, 0.15) is 12.1 Å². The molecule has 1 aliphatic carbocycles. The van der Waals surface area contributed by atoms with Crippen molar-refractivity contribution in [3.8, 4) is 0 Å². The molecule has 136 valence electrons. The lowest BCUT2D eigenvalue weighted by Gasteiger charge is -2.26. The maximum absolute atomic E-state index is 4.57. The number of hydrogen-bond acceptors (Lipinski definition) is 6. The topological polar surface area (TPSA) is 58.0 Å². The molecule has 2 unspecified atom stereocenters. The lowest BCUT2D eigenvalue weighted by Crippen LogP contribution is -2.29. The van der Waals surface area contributed by atoms with Gasteiger partial charge in [-0.25, -0.2) is 9.97 Å². The molecule has 0 spiro atoms. The summed E-state index contributed by atoms with van der Waals surface area (Å²) in [5, 5.41) is 0. The summed E-state index contributed by atoms with van der Waals surface area (Å²) < 4.78 is 0. The Balaban J connectivity index is 1.22. The number of aromatic nitrogens is 4. The van der Waals surface area contributed by atoms with Crippen molar-refractivity contribution in [2.45, 2.75) is 38.6 Å². The van der Waals surface area contributed by atoms with Crippen molar-refractivity contribution in [3.05, 3.63) is 41.9 Å². The Hall–Kier alpha value is -2.08. The summed E-state index contributed by atoms with van der Waals surface area (Å²) in [6, 6.07) is 2.24. The maximum atomic E-state index is 4.57. The van der Waals surface area contributed by atoms with Crippen molar-refractivity contribution in [1.29, 1.82) is 0 Å². The fourth-order valence-electron chi connectivity index (χ4n) is 4.67. The van der Waals surface area contributed by atoms with Crippen LogP contribution in [0.25, 0.3) is 0 Å². The molecule has 2 aromatic heterocycles. The predicted octanol–water partition coefficient (Wildman–Crippen LogP) is 2.41. The minimum Gasteiger partial charge on any atom is -0.356 e. The number of rotatable bonds is 4. The summed E-state index contributed by atoms with van der Waals surface area (Å²) in [7, 11) is 0. The molecule has 3 fully saturated rings. The quantitative estimate of drug-likeness (QED) is 0.844. The normalized spacial score (nSPS) is 26.1. The molecule has 0 N–H and O–H groups in total. The van der Waals surface area contributed by atoms with E-state index in [1.165, 1.54) is 25.0 Å². The SMILES string of the molecule is Cc1nccnc1CN1CC2CN(c3cc(C4CCC4)ncn3)CC2C1. The molecule has 2 saturated heterocycles. The van der Waals surface area contributed by atoms with Crippen LogP contribution in [0.4, 0.5) is 5.82 Å². The van der Waals surface area contributed by atoms with Crippen LogP contribution in [-0.2, 0) is 6.54 Å². The van der Waals surface area contributed by atoms with Crippen LogP contribution in [0, 0.1) is 18.8 Å². The van der Waals surface area contributed by atoms with E-state index in [4.69, 9.17) is 0 Å². The van der Waals surface area contributed by atoms with E-state index in [-0.39, 0.29) is 0 Å². The second kappa shape index (κ2) is 6.58. The van der Waals surface area contributed by atoms with Gasteiger partial charge in [0.2, 0.25) is 0 Å². The highest BCUT2D eigenvalue weighted by atomic mass is 15.3. The van der Waals surface area contributed by atoms with Gasteiger partial charge in [-0.3, -0.25) is 14.9 Å². The molecule has 0 radical (unpaired) electrons. The van der Waals surface area contributed by atoms with Gasteiger partial charge in [0, 0.05) is 62.8 Å². The number of hydrogen-bond donors (Lipinski definition) is 0. The number of nitrogens with zero attached hydrogens (tertiary/aromatic N) is 6. The molecule has 4 heterocycles. The highest BCUT2D eigenvalue weighted by Gasteiger charge is 2.40. The second-order valence-corrected chi connectivity index (χ2v) is 8.14. The number of likely N-dealkylation sites (tertiary alicyclic amines) is 1. The van der Waals surface area contributed by atoms with Crippen molar-refractivity contribution in [2.24, 2.45) is 11.8 Å². The standard InChI is InChI=1S/C20H26N6/c1-14-19(22-6-5-21-14)12-25-8-16-10-26(11-17(16)9-25)20-7-18(23-13-24-20)15-3-2-4-15/h5-7,13,15-17H,2-4,8-12H2,1H3. The lowest BCUT2D eigenvalue weighted by atomic mass is 9.83. The van der Waals surface area contributed by atoms with Gasteiger partial charge in [0.25, 0.3) is 0 Å². The number of anilines is 1. The third-order valence-electron chi connectivity index (χ3n) is 6.44. The molecule has 0 aromatic carbocycles. The van der Waals surface area contributed by atoms with Crippen LogP contribution in [0.1, 0.15) is 42.3 Å². The average Bonchev–Trinajstić information content (AvgIpc) is 3.14. The van der Waals surface area contributed by atoms with Crippen molar-refractivity contribution in [3.63, 3.8) is 0 Å². The predicted molar refractivity (Wildman–Crippen MR) is 99.9 cm³/mol. The van der Waals surface area contributed by atoms with Crippen molar-refractivity contribution in [2.75, 3.05) is 31.1 Å². The van der Waals surface area contributed by atoms with Gasteiger partial charge in [-0.05, 0) is 31.6 Å². The Morgan fingerprint density at radius 2 is 1.73 bits per heavy atom. The second-order valence-electron chi connectivity index (χ2n) is 8.14. The van der Waals surface area contributed by atoms with E-state index in [0.717, 1.165) is 61.8 Å². The van der Waals surface area contributed by atoms with E-state index in [9.17, 15) is 0 Å². The molecular formula is C20H26N6. The van der Waals surface area contributed by atoms with Crippen LogP contribution < -0.4 is 4.90 Å². The summed E-state index contributed by atoms with van der Waals surface area (Å²) in [6.07, 6.45) is 9.26. The Morgan fingerprint density at radius 1 is 0.962 bits per heavy atom. The van der Waals surface area contributed by atoms with Gasteiger partial charge in [0.15, 0.2) is 0 Å². The van der Waals surface area contributed by atoms with Crippen LogP contribution in [-0.4, -0.2) is 51.0 Å². The molecule has 6 heteroatoms. The molecule has 5 rings (SSSR count). The average molecular weight is 350 g/mol. The van der Waals surface area contributed by atoms with Gasteiger partial charge in [-0.15, -0.1) is 0 Å². The molecule has 0 amide bonds. The molecule has 2 aromatic rings. The molecule has 2 aliphatic heterocycles. The van der Waals surface area contributed by atoms with Gasteiger partial charge in [-0.2, -0.15) is 0 Å². The number of aryl methyl sites for hydroxylation is 1. The number of fused-ring (bicyclic) bond motifs is 1. The molecular weight excluding hydrogens is 324 g/mol.